The quantitative estimate of drug-likeness (QED) is 0.211. The minimum absolute atomic E-state index is 0.000749. The summed E-state index contributed by atoms with van der Waals surface area (Å²) in [5.74, 6) is -3.94. The van der Waals surface area contributed by atoms with Crippen molar-refractivity contribution >= 4 is 50.4 Å². The fraction of sp³-hybridized carbons (Fsp3) is 0.634. The lowest BCUT2D eigenvalue weighted by molar-refractivity contribution is -0.222. The molecule has 0 radical (unpaired) electrons. The van der Waals surface area contributed by atoms with Crippen molar-refractivity contribution in [3.05, 3.63) is 36.4 Å². The molecule has 6 rings (SSSR count). The van der Waals surface area contributed by atoms with Crippen LogP contribution in [0, 0.1) is 17.8 Å². The fourth-order valence-corrected chi connectivity index (χ4v) is 9.96. The second-order valence-electron chi connectivity index (χ2n) is 17.7. The molecule has 3 N–H and O–H groups in total. The summed E-state index contributed by atoms with van der Waals surface area (Å²) in [6, 6.07) is 3.45. The number of hydrogen-bond acceptors (Lipinski definition) is 10. The highest BCUT2D eigenvalue weighted by atomic mass is 32.2. The lowest BCUT2D eigenvalue weighted by Gasteiger charge is -2.45. The second kappa shape index (κ2) is 16.4. The van der Waals surface area contributed by atoms with Gasteiger partial charge in [-0.15, -0.1) is 0 Å². The Labute approximate surface area is 352 Å². The molecule has 336 valence electrons. The van der Waals surface area contributed by atoms with Gasteiger partial charge in [0.2, 0.25) is 27.7 Å². The fourth-order valence-electron chi connectivity index (χ4n) is 8.53. The standard InChI is InChI=1S/C41H54F4N6O9S/c1-23-10-8-9-11-26-20-40(26,36(54)48-61(57,58)39(22-42)14-15-39)47-33(52)30-19-28(60-34-29-13-12-27(59-7)17-25(29)18-31(46-34)49(5)6)21-50(30)35(53)32(24(2)16-23)51(37(55)56)38(3,4)41(43,44)45/h9,11-13,17-18,23-24,26,28,30,32H,8,10,14-16,19-22H2,1-7H3,(H,47,52)(H,48,54)(H,55,56)/t23-,24-,26-,28-,30+,32+,40-/m1/s1. The van der Waals surface area contributed by atoms with Crippen LogP contribution in [-0.4, -0.2) is 127 Å². The summed E-state index contributed by atoms with van der Waals surface area (Å²) in [7, 11) is 0.502. The van der Waals surface area contributed by atoms with Crippen LogP contribution in [-0.2, 0) is 24.4 Å². The van der Waals surface area contributed by atoms with E-state index >= 15 is 4.79 Å². The van der Waals surface area contributed by atoms with Crippen molar-refractivity contribution in [2.45, 2.75) is 113 Å². The first-order valence-electron chi connectivity index (χ1n) is 20.3. The number of aromatic nitrogens is 1. The van der Waals surface area contributed by atoms with Gasteiger partial charge in [0.05, 0.1) is 13.7 Å². The van der Waals surface area contributed by atoms with Crippen molar-refractivity contribution in [2.75, 3.05) is 39.3 Å². The number of hydrogen-bond donors (Lipinski definition) is 3. The van der Waals surface area contributed by atoms with Crippen molar-refractivity contribution in [2.24, 2.45) is 17.8 Å². The molecule has 1 aromatic heterocycles. The van der Waals surface area contributed by atoms with Gasteiger partial charge in [0.25, 0.3) is 5.91 Å². The zero-order chi connectivity index (χ0) is 45.0. The SMILES string of the molecule is COc1ccc2c(O[C@@H]3C[C@H]4C(=O)N[C@]5(C(=O)NS(=O)(=O)C6(CF)CC6)C[C@H]5C=CCC[C@@H](C)C[C@@H](C)[C@H](N(C(=O)O)C(C)(C)C(F)(F)F)C(=O)N4C3)nc(N(C)C)cc2c1. The number of amides is 4. The van der Waals surface area contributed by atoms with Gasteiger partial charge in [0.1, 0.15) is 52.3 Å². The normalized spacial score (nSPS) is 28.1. The topological polar surface area (TPSA) is 188 Å². The Morgan fingerprint density at radius 2 is 1.80 bits per heavy atom. The lowest BCUT2D eigenvalue weighted by Crippen LogP contribution is -2.66. The van der Waals surface area contributed by atoms with Crippen LogP contribution < -0.4 is 24.4 Å². The number of nitrogens with one attached hydrogen (secondary N) is 2. The smallest absolute Gasteiger partial charge is 0.411 e. The van der Waals surface area contributed by atoms with E-state index in [4.69, 9.17) is 9.47 Å². The molecule has 61 heavy (non-hydrogen) atoms. The number of methoxy groups -OCH3 is 1. The number of alkyl halides is 4. The van der Waals surface area contributed by atoms with Crippen molar-refractivity contribution in [3.8, 4) is 11.6 Å². The average Bonchev–Trinajstić information content (AvgIpc) is 4.08. The van der Waals surface area contributed by atoms with E-state index in [-0.39, 0.29) is 48.8 Å². The van der Waals surface area contributed by atoms with Gasteiger partial charge in [-0.25, -0.2) is 17.6 Å². The van der Waals surface area contributed by atoms with Gasteiger partial charge >= 0.3 is 12.3 Å². The molecule has 0 bridgehead atoms. The first-order chi connectivity index (χ1) is 28.4. The molecule has 0 unspecified atom stereocenters. The number of nitrogens with zero attached hydrogens (tertiary/aromatic N) is 4. The number of sulfonamides is 1. The van der Waals surface area contributed by atoms with Crippen LogP contribution in [0.5, 0.6) is 11.6 Å². The van der Waals surface area contributed by atoms with Gasteiger partial charge in [0, 0.05) is 31.8 Å². The summed E-state index contributed by atoms with van der Waals surface area (Å²) in [4.78, 5) is 64.2. The largest absolute Gasteiger partial charge is 0.497 e. The first-order valence-corrected chi connectivity index (χ1v) is 21.7. The number of benzene rings is 1. The first kappa shape index (κ1) is 45.6. The monoisotopic (exact) mass is 882 g/mol. The molecule has 3 heterocycles. The Morgan fingerprint density at radius 3 is 2.39 bits per heavy atom. The van der Waals surface area contributed by atoms with Crippen LogP contribution in [0.2, 0.25) is 0 Å². The third-order valence-corrected chi connectivity index (χ3v) is 14.8. The van der Waals surface area contributed by atoms with E-state index in [0.717, 1.165) is 4.90 Å². The van der Waals surface area contributed by atoms with Gasteiger partial charge in [-0.05, 0) is 93.9 Å². The number of halogens is 4. The highest BCUT2D eigenvalue weighted by Gasteiger charge is 2.64. The molecule has 20 heteroatoms. The van der Waals surface area contributed by atoms with E-state index in [0.29, 0.717) is 49.0 Å². The lowest BCUT2D eigenvalue weighted by atomic mass is 9.85. The maximum atomic E-state index is 15.1. The highest BCUT2D eigenvalue weighted by Crippen LogP contribution is 2.48. The summed E-state index contributed by atoms with van der Waals surface area (Å²) in [5, 5.41) is 14.4. The number of fused-ring (bicyclic) bond motifs is 3. The Morgan fingerprint density at radius 1 is 1.11 bits per heavy atom. The van der Waals surface area contributed by atoms with Crippen LogP contribution in [0.15, 0.2) is 36.4 Å². The number of carbonyl (C=O) groups excluding carboxylic acids is 3. The molecule has 3 fully saturated rings. The third-order valence-electron chi connectivity index (χ3n) is 12.7. The van der Waals surface area contributed by atoms with Crippen LogP contribution in [0.3, 0.4) is 0 Å². The number of ether oxygens (including phenoxy) is 2. The molecule has 2 aliphatic carbocycles. The number of carboxylic acid groups (broad SMARTS) is 1. The second-order valence-corrected chi connectivity index (χ2v) is 19.8. The minimum atomic E-state index is -5.12. The van der Waals surface area contributed by atoms with Crippen molar-refractivity contribution in [3.63, 3.8) is 0 Å². The summed E-state index contributed by atoms with van der Waals surface area (Å²) in [6.45, 7) is 3.05. The number of pyridine rings is 1. The molecule has 1 saturated heterocycles. The molecule has 2 aliphatic heterocycles. The molecular weight excluding hydrogens is 829 g/mol. The molecule has 1 aromatic carbocycles. The zero-order valence-electron chi connectivity index (χ0n) is 35.2. The summed E-state index contributed by atoms with van der Waals surface area (Å²) >= 11 is 0. The molecule has 15 nitrogen and oxygen atoms in total. The van der Waals surface area contributed by atoms with Gasteiger partial charge < -0.3 is 29.7 Å². The van der Waals surface area contributed by atoms with Crippen LogP contribution in [0.1, 0.15) is 72.6 Å². The van der Waals surface area contributed by atoms with Crippen molar-refractivity contribution in [1.82, 2.24) is 24.8 Å². The van der Waals surface area contributed by atoms with Crippen LogP contribution >= 0.6 is 0 Å². The van der Waals surface area contributed by atoms with E-state index in [1.807, 2.05) is 11.6 Å². The van der Waals surface area contributed by atoms with Gasteiger partial charge in [-0.3, -0.25) is 24.0 Å². The van der Waals surface area contributed by atoms with E-state index in [1.165, 1.54) is 14.0 Å². The zero-order valence-corrected chi connectivity index (χ0v) is 36.0. The molecule has 4 aliphatic rings. The maximum absolute atomic E-state index is 15.1. The summed E-state index contributed by atoms with van der Waals surface area (Å²) in [6.07, 6.45) is -4.05. The Kier molecular flexibility index (Phi) is 12.3. The van der Waals surface area contributed by atoms with E-state index < -0.39 is 99.1 Å². The summed E-state index contributed by atoms with van der Waals surface area (Å²) < 4.78 is 96.8. The molecule has 2 aromatic rings. The third kappa shape index (κ3) is 8.65. The number of rotatable bonds is 10. The van der Waals surface area contributed by atoms with E-state index in [9.17, 15) is 45.5 Å². The molecule has 7 atom stereocenters. The Balaban J connectivity index is 1.45. The predicted molar refractivity (Wildman–Crippen MR) is 216 cm³/mol. The number of carbonyl (C=O) groups is 4. The molecular formula is C41H54F4N6O9S. The van der Waals surface area contributed by atoms with Gasteiger partial charge in [-0.1, -0.05) is 26.0 Å². The van der Waals surface area contributed by atoms with E-state index in [2.05, 4.69) is 10.3 Å². The maximum Gasteiger partial charge on any atom is 0.411 e. The highest BCUT2D eigenvalue weighted by molar-refractivity contribution is 7.91. The van der Waals surface area contributed by atoms with Crippen molar-refractivity contribution in [1.29, 1.82) is 0 Å². The van der Waals surface area contributed by atoms with Gasteiger partial charge in [0.15, 0.2) is 0 Å². The Bertz CT molecular complexity index is 2200. The van der Waals surface area contributed by atoms with E-state index in [1.54, 1.807) is 55.4 Å². The number of anilines is 1. The van der Waals surface area contributed by atoms with Crippen molar-refractivity contribution < 1.29 is 59.7 Å². The number of allylic oxidation sites excluding steroid dienone is 1. The summed E-state index contributed by atoms with van der Waals surface area (Å²) in [5.41, 5.74) is -4.92. The van der Waals surface area contributed by atoms with Crippen LogP contribution in [0.4, 0.5) is 28.2 Å². The van der Waals surface area contributed by atoms with Crippen LogP contribution in [0.25, 0.3) is 10.8 Å². The molecule has 0 spiro atoms. The van der Waals surface area contributed by atoms with Gasteiger partial charge in [-0.2, -0.15) is 18.2 Å². The molecule has 4 amide bonds. The minimum Gasteiger partial charge on any atom is -0.497 e. The average molecular weight is 883 g/mol. The predicted octanol–water partition coefficient (Wildman–Crippen LogP) is 5.18. The molecule has 2 saturated carbocycles. The Hall–Kier alpha value is -4.88.